The Morgan fingerprint density at radius 1 is 1.14 bits per heavy atom. The normalized spacial score (nSPS) is 17.0. The van der Waals surface area contributed by atoms with Crippen LogP contribution < -0.4 is 5.32 Å². The number of benzene rings is 2. The van der Waals surface area contributed by atoms with Gasteiger partial charge in [-0.2, -0.15) is 0 Å². The van der Waals surface area contributed by atoms with E-state index in [1.807, 2.05) is 37.4 Å². The SMILES string of the molecule is Cc1ccc(CN(C)C(=O)CN2CCC[C@H](C(=O)Nc3ccccc3)C2)c(C)c1. The van der Waals surface area contributed by atoms with Crippen LogP contribution in [0.15, 0.2) is 48.5 Å². The third-order valence-electron chi connectivity index (χ3n) is 5.61. The lowest BCUT2D eigenvalue weighted by atomic mass is 9.97. The predicted octanol–water partition coefficient (Wildman–Crippen LogP) is 3.61. The maximum Gasteiger partial charge on any atom is 0.236 e. The minimum atomic E-state index is -0.0820. The molecule has 0 spiro atoms. The van der Waals surface area contributed by atoms with Crippen molar-refractivity contribution >= 4 is 17.5 Å². The topological polar surface area (TPSA) is 52.7 Å². The summed E-state index contributed by atoms with van der Waals surface area (Å²) in [5.74, 6) is 0.0486. The van der Waals surface area contributed by atoms with E-state index >= 15 is 0 Å². The van der Waals surface area contributed by atoms with Gasteiger partial charge in [-0.1, -0.05) is 42.0 Å². The molecule has 1 aliphatic heterocycles. The van der Waals surface area contributed by atoms with Crippen LogP contribution in [0.5, 0.6) is 0 Å². The molecule has 5 heteroatoms. The molecule has 1 atom stereocenters. The molecule has 2 aromatic carbocycles. The predicted molar refractivity (Wildman–Crippen MR) is 117 cm³/mol. The summed E-state index contributed by atoms with van der Waals surface area (Å²) in [5.41, 5.74) is 4.43. The summed E-state index contributed by atoms with van der Waals surface area (Å²) < 4.78 is 0. The second-order valence-corrected chi connectivity index (χ2v) is 8.11. The molecule has 2 amide bonds. The zero-order valence-corrected chi connectivity index (χ0v) is 17.6. The number of hydrogen-bond acceptors (Lipinski definition) is 3. The first-order valence-electron chi connectivity index (χ1n) is 10.3. The highest BCUT2D eigenvalue weighted by Crippen LogP contribution is 2.19. The number of nitrogens with zero attached hydrogens (tertiary/aromatic N) is 2. The number of carbonyl (C=O) groups excluding carboxylic acids is 2. The minimum absolute atomic E-state index is 0.0389. The maximum atomic E-state index is 12.7. The highest BCUT2D eigenvalue weighted by Gasteiger charge is 2.27. The Hall–Kier alpha value is -2.66. The Kier molecular flexibility index (Phi) is 7.04. The average molecular weight is 394 g/mol. The van der Waals surface area contributed by atoms with Gasteiger partial charge < -0.3 is 10.2 Å². The van der Waals surface area contributed by atoms with Crippen molar-refractivity contribution in [1.82, 2.24) is 9.80 Å². The van der Waals surface area contributed by atoms with Crippen LogP contribution in [-0.4, -0.2) is 48.3 Å². The summed E-state index contributed by atoms with van der Waals surface area (Å²) in [5, 5.41) is 2.99. The fourth-order valence-corrected chi connectivity index (χ4v) is 3.86. The van der Waals surface area contributed by atoms with Gasteiger partial charge in [-0.25, -0.2) is 0 Å². The van der Waals surface area contributed by atoms with E-state index in [1.165, 1.54) is 16.7 Å². The highest BCUT2D eigenvalue weighted by atomic mass is 16.2. The number of anilines is 1. The first-order chi connectivity index (χ1) is 13.9. The molecule has 0 aliphatic carbocycles. The molecule has 0 aromatic heterocycles. The number of nitrogens with one attached hydrogen (secondary N) is 1. The van der Waals surface area contributed by atoms with Crippen molar-refractivity contribution in [2.24, 2.45) is 5.92 Å². The van der Waals surface area contributed by atoms with Crippen LogP contribution in [0.3, 0.4) is 0 Å². The number of rotatable bonds is 6. The van der Waals surface area contributed by atoms with E-state index < -0.39 is 0 Å². The van der Waals surface area contributed by atoms with E-state index in [9.17, 15) is 9.59 Å². The van der Waals surface area contributed by atoms with Crippen LogP contribution in [-0.2, 0) is 16.1 Å². The van der Waals surface area contributed by atoms with Crippen molar-refractivity contribution in [3.63, 3.8) is 0 Å². The number of hydrogen-bond donors (Lipinski definition) is 1. The first-order valence-corrected chi connectivity index (χ1v) is 10.3. The third kappa shape index (κ3) is 5.91. The Labute approximate surface area is 173 Å². The van der Waals surface area contributed by atoms with E-state index in [2.05, 4.69) is 42.3 Å². The summed E-state index contributed by atoms with van der Waals surface area (Å²) in [7, 11) is 1.85. The van der Waals surface area contributed by atoms with Crippen LogP contribution in [0.1, 0.15) is 29.5 Å². The molecule has 2 aromatic rings. The molecule has 0 unspecified atom stereocenters. The molecule has 3 rings (SSSR count). The number of aryl methyl sites for hydroxylation is 2. The van der Waals surface area contributed by atoms with Gasteiger partial charge in [-0.3, -0.25) is 14.5 Å². The summed E-state index contributed by atoms with van der Waals surface area (Å²) in [6, 6.07) is 15.9. The van der Waals surface area contributed by atoms with E-state index in [4.69, 9.17) is 0 Å². The maximum absolute atomic E-state index is 12.7. The van der Waals surface area contributed by atoms with Gasteiger partial charge in [-0.15, -0.1) is 0 Å². The number of carbonyl (C=O) groups is 2. The second-order valence-electron chi connectivity index (χ2n) is 8.11. The molecule has 29 heavy (non-hydrogen) atoms. The summed E-state index contributed by atoms with van der Waals surface area (Å²) in [4.78, 5) is 29.2. The zero-order chi connectivity index (χ0) is 20.8. The Morgan fingerprint density at radius 3 is 2.62 bits per heavy atom. The van der Waals surface area contributed by atoms with Crippen LogP contribution in [0.4, 0.5) is 5.69 Å². The van der Waals surface area contributed by atoms with Crippen LogP contribution in [0.2, 0.25) is 0 Å². The van der Waals surface area contributed by atoms with Crippen LogP contribution in [0, 0.1) is 19.8 Å². The van der Waals surface area contributed by atoms with Gasteiger partial charge in [0.15, 0.2) is 0 Å². The van der Waals surface area contributed by atoms with Gasteiger partial charge in [0, 0.05) is 25.8 Å². The molecule has 1 fully saturated rings. The molecule has 1 N–H and O–H groups in total. The molecule has 0 bridgehead atoms. The van der Waals surface area contributed by atoms with Crippen LogP contribution in [0.25, 0.3) is 0 Å². The van der Waals surface area contributed by atoms with E-state index in [0.717, 1.165) is 25.1 Å². The molecule has 1 heterocycles. The highest BCUT2D eigenvalue weighted by molar-refractivity contribution is 5.92. The van der Waals surface area contributed by atoms with Gasteiger partial charge >= 0.3 is 0 Å². The zero-order valence-electron chi connectivity index (χ0n) is 17.6. The van der Waals surface area contributed by atoms with Crippen LogP contribution >= 0.6 is 0 Å². The second kappa shape index (κ2) is 9.70. The minimum Gasteiger partial charge on any atom is -0.340 e. The third-order valence-corrected chi connectivity index (χ3v) is 5.61. The lowest BCUT2D eigenvalue weighted by Crippen LogP contribution is -2.45. The fraction of sp³-hybridized carbons (Fsp3) is 0.417. The van der Waals surface area contributed by atoms with Crippen molar-refractivity contribution < 1.29 is 9.59 Å². The Morgan fingerprint density at radius 2 is 1.90 bits per heavy atom. The van der Waals surface area contributed by atoms with Gasteiger partial charge in [0.1, 0.15) is 0 Å². The molecule has 0 saturated carbocycles. The molecule has 154 valence electrons. The van der Waals surface area contributed by atoms with Crippen molar-refractivity contribution in [2.75, 3.05) is 32.0 Å². The van der Waals surface area contributed by atoms with Crippen molar-refractivity contribution in [3.8, 4) is 0 Å². The number of para-hydroxylation sites is 1. The largest absolute Gasteiger partial charge is 0.340 e. The monoisotopic (exact) mass is 393 g/mol. The van der Waals surface area contributed by atoms with E-state index in [1.54, 1.807) is 4.90 Å². The van der Waals surface area contributed by atoms with Crippen molar-refractivity contribution in [3.05, 3.63) is 65.2 Å². The van der Waals surface area contributed by atoms with Gasteiger partial charge in [0.2, 0.25) is 11.8 Å². The molecule has 1 saturated heterocycles. The van der Waals surface area contributed by atoms with Crippen molar-refractivity contribution in [2.45, 2.75) is 33.2 Å². The van der Waals surface area contributed by atoms with Crippen molar-refractivity contribution in [1.29, 1.82) is 0 Å². The van der Waals surface area contributed by atoms with Gasteiger partial charge in [0.25, 0.3) is 0 Å². The number of likely N-dealkylation sites (tertiary alicyclic amines) is 1. The molecule has 0 radical (unpaired) electrons. The summed E-state index contributed by atoms with van der Waals surface area (Å²) >= 11 is 0. The summed E-state index contributed by atoms with van der Waals surface area (Å²) in [6.45, 7) is 6.61. The molecule has 1 aliphatic rings. The standard InChI is InChI=1S/C24H31N3O2/c1-18-11-12-20(19(2)14-18)15-26(3)23(28)17-27-13-7-8-21(16-27)24(29)25-22-9-5-4-6-10-22/h4-6,9-12,14,21H,7-8,13,15-17H2,1-3H3,(H,25,29)/t21-/m0/s1. The molecular formula is C24H31N3O2. The molecular weight excluding hydrogens is 362 g/mol. The van der Waals surface area contributed by atoms with Gasteiger partial charge in [-0.05, 0) is 56.5 Å². The number of likely N-dealkylation sites (N-methyl/N-ethyl adjacent to an activating group) is 1. The summed E-state index contributed by atoms with van der Waals surface area (Å²) in [6.07, 6.45) is 1.79. The lowest BCUT2D eigenvalue weighted by molar-refractivity contribution is -0.133. The van der Waals surface area contributed by atoms with Gasteiger partial charge in [0.05, 0.1) is 12.5 Å². The number of amides is 2. The first kappa shape index (κ1) is 21.1. The number of piperidine rings is 1. The van der Waals surface area contributed by atoms with E-state index in [0.29, 0.717) is 19.6 Å². The fourth-order valence-electron chi connectivity index (χ4n) is 3.86. The molecule has 5 nitrogen and oxygen atoms in total. The lowest BCUT2D eigenvalue weighted by Gasteiger charge is -2.32. The Balaban J connectivity index is 1.52. The average Bonchev–Trinajstić information content (AvgIpc) is 2.71. The van der Waals surface area contributed by atoms with E-state index in [-0.39, 0.29) is 17.7 Å². The Bertz CT molecular complexity index is 850. The quantitative estimate of drug-likeness (QED) is 0.816. The smallest absolute Gasteiger partial charge is 0.236 e.